The molecule has 2 aliphatic carbocycles. The van der Waals surface area contributed by atoms with Gasteiger partial charge in [-0.05, 0) is 159 Å². The maximum Gasteiger partial charge on any atom is 0.0641 e. The van der Waals surface area contributed by atoms with Crippen molar-refractivity contribution in [2.24, 2.45) is 0 Å². The molecule has 382 valence electrons. The van der Waals surface area contributed by atoms with Crippen molar-refractivity contribution in [2.45, 2.75) is 65.2 Å². The van der Waals surface area contributed by atoms with E-state index in [4.69, 9.17) is 0 Å². The van der Waals surface area contributed by atoms with Crippen LogP contribution in [0.15, 0.2) is 218 Å². The molecule has 4 aromatic heterocycles. The molecule has 0 bridgehead atoms. The number of aromatic nitrogens is 2. The third-order valence-corrected chi connectivity index (χ3v) is 18.5. The summed E-state index contributed by atoms with van der Waals surface area (Å²) < 4.78 is 5.20. The Bertz CT molecular complexity index is 4630. The van der Waals surface area contributed by atoms with Gasteiger partial charge in [0, 0.05) is 65.6 Å². The monoisotopic (exact) mass is 1030 g/mol. The summed E-state index contributed by atoms with van der Waals surface area (Å²) in [6, 6.07) is 83.4. The minimum Gasteiger partial charge on any atom is -0.309 e. The molecule has 4 nitrogen and oxygen atoms in total. The summed E-state index contributed by atoms with van der Waals surface area (Å²) in [5.41, 5.74) is 28.3. The van der Waals surface area contributed by atoms with Crippen molar-refractivity contribution in [2.75, 3.05) is 9.80 Å². The second kappa shape index (κ2) is 17.6. The first kappa shape index (κ1) is 45.6. The number of aryl methyl sites for hydroxylation is 4. The van der Waals surface area contributed by atoms with Crippen LogP contribution in [0.3, 0.4) is 0 Å². The predicted molar refractivity (Wildman–Crippen MR) is 339 cm³/mol. The molecule has 15 aromatic rings. The van der Waals surface area contributed by atoms with Gasteiger partial charge in [-0.1, -0.05) is 169 Å². The quantitative estimate of drug-likeness (QED) is 0.151. The topological polar surface area (TPSA) is 15.3 Å². The van der Waals surface area contributed by atoms with Gasteiger partial charge in [0.2, 0.25) is 0 Å². The van der Waals surface area contributed by atoms with E-state index in [0.717, 1.165) is 25.7 Å². The highest BCUT2D eigenvalue weighted by Crippen LogP contribution is 2.55. The molecular formula is C76H58N4. The van der Waals surface area contributed by atoms with Crippen LogP contribution in [0, 0.1) is 13.8 Å². The minimum absolute atomic E-state index is 1.06. The Morgan fingerprint density at radius 3 is 1.16 bits per heavy atom. The smallest absolute Gasteiger partial charge is 0.0641 e. The summed E-state index contributed by atoms with van der Waals surface area (Å²) in [7, 11) is 0. The largest absolute Gasteiger partial charge is 0.309 e. The van der Waals surface area contributed by atoms with Crippen LogP contribution in [0.1, 0.15) is 59.1 Å². The van der Waals surface area contributed by atoms with E-state index in [1.165, 1.54) is 192 Å². The molecule has 0 N–H and O–H groups in total. The van der Waals surface area contributed by atoms with E-state index in [0.29, 0.717) is 0 Å². The van der Waals surface area contributed by atoms with Crippen LogP contribution in [-0.4, -0.2) is 8.80 Å². The lowest BCUT2D eigenvalue weighted by Gasteiger charge is -2.33. The van der Waals surface area contributed by atoms with Gasteiger partial charge in [-0.3, -0.25) is 0 Å². The van der Waals surface area contributed by atoms with Crippen molar-refractivity contribution in [1.29, 1.82) is 0 Å². The zero-order valence-electron chi connectivity index (χ0n) is 45.2. The Hall–Kier alpha value is -9.38. The van der Waals surface area contributed by atoms with Gasteiger partial charge in [-0.15, -0.1) is 0 Å². The molecule has 0 radical (unpaired) electrons. The fourth-order valence-corrected chi connectivity index (χ4v) is 14.8. The van der Waals surface area contributed by atoms with E-state index >= 15 is 0 Å². The zero-order chi connectivity index (χ0) is 52.7. The predicted octanol–water partition coefficient (Wildman–Crippen LogP) is 20.6. The maximum atomic E-state index is 2.63. The van der Waals surface area contributed by atoms with E-state index in [9.17, 15) is 0 Å². The van der Waals surface area contributed by atoms with Crippen LogP contribution in [0.25, 0.3) is 98.4 Å². The number of para-hydroxylation sites is 2. The highest BCUT2D eigenvalue weighted by atomic mass is 15.2. The van der Waals surface area contributed by atoms with Gasteiger partial charge in [0.1, 0.15) is 0 Å². The number of benzene rings is 11. The molecule has 0 unspecified atom stereocenters. The molecule has 11 aromatic carbocycles. The Kier molecular flexibility index (Phi) is 10.0. The van der Waals surface area contributed by atoms with Crippen LogP contribution in [0.2, 0.25) is 0 Å². The highest BCUT2D eigenvalue weighted by Gasteiger charge is 2.32. The van der Waals surface area contributed by atoms with E-state index < -0.39 is 0 Å². The number of hydrogen-bond acceptors (Lipinski definition) is 2. The van der Waals surface area contributed by atoms with E-state index in [1.807, 2.05) is 0 Å². The summed E-state index contributed by atoms with van der Waals surface area (Å²) in [5, 5.41) is 10.2. The summed E-state index contributed by atoms with van der Waals surface area (Å²) in [6.45, 7) is 4.39. The molecule has 2 aliphatic rings. The van der Waals surface area contributed by atoms with Crippen LogP contribution in [0.5, 0.6) is 0 Å². The molecule has 0 spiro atoms. The lowest BCUT2D eigenvalue weighted by molar-refractivity contribution is 0.686. The fraction of sp³-hybridized carbons (Fsp3) is 0.132. The molecule has 80 heavy (non-hydrogen) atoms. The van der Waals surface area contributed by atoms with Gasteiger partial charge in [0.25, 0.3) is 0 Å². The van der Waals surface area contributed by atoms with Crippen LogP contribution in [-0.2, 0) is 25.7 Å². The van der Waals surface area contributed by atoms with Crippen molar-refractivity contribution in [3.8, 4) is 22.3 Å². The minimum atomic E-state index is 1.06. The second-order valence-corrected chi connectivity index (χ2v) is 23.0. The van der Waals surface area contributed by atoms with Crippen LogP contribution >= 0.6 is 0 Å². The van der Waals surface area contributed by atoms with Crippen molar-refractivity contribution in [1.82, 2.24) is 8.80 Å². The van der Waals surface area contributed by atoms with Crippen molar-refractivity contribution in [3.63, 3.8) is 0 Å². The fourth-order valence-electron chi connectivity index (χ4n) is 14.8. The first-order valence-electron chi connectivity index (χ1n) is 29.0. The molecule has 0 fully saturated rings. The molecule has 0 aliphatic heterocycles. The average molecular weight is 1030 g/mol. The number of hydrogen-bond donors (Lipinski definition) is 0. The Labute approximate surface area is 465 Å². The summed E-state index contributed by atoms with van der Waals surface area (Å²) in [6.07, 6.45) is 9.17. The first-order valence-corrected chi connectivity index (χ1v) is 29.0. The van der Waals surface area contributed by atoms with E-state index in [1.54, 1.807) is 0 Å². The second-order valence-electron chi connectivity index (χ2n) is 23.0. The maximum absolute atomic E-state index is 2.63. The van der Waals surface area contributed by atoms with Crippen molar-refractivity contribution >= 4 is 110 Å². The molecule has 4 heteroatoms. The Balaban J connectivity index is 0.949. The summed E-state index contributed by atoms with van der Waals surface area (Å²) in [4.78, 5) is 5.27. The first-order chi connectivity index (χ1) is 39.6. The number of rotatable bonds is 8. The van der Waals surface area contributed by atoms with E-state index in [2.05, 4.69) is 251 Å². The third kappa shape index (κ3) is 6.56. The van der Waals surface area contributed by atoms with Crippen LogP contribution < -0.4 is 9.80 Å². The highest BCUT2D eigenvalue weighted by molar-refractivity contribution is 6.32. The molecule has 0 atom stereocenters. The molecule has 4 heterocycles. The SMILES string of the molecule is Cc1ccc(N(c2c(-c3ccccc3)ccc3c2CCCC3)c2ccc3c4cc5c(cc4n4c6ccccc6c2c34)c2ccc(N(c3ccc(C)cc3)c3c(-c4ccccc4)ccc4c3CCCC4)c3c4ccccc4n5c23)cc1. The Morgan fingerprint density at radius 1 is 0.325 bits per heavy atom. The summed E-state index contributed by atoms with van der Waals surface area (Å²) >= 11 is 0. The van der Waals surface area contributed by atoms with Crippen molar-refractivity contribution in [3.05, 3.63) is 252 Å². The van der Waals surface area contributed by atoms with Gasteiger partial charge < -0.3 is 18.6 Å². The van der Waals surface area contributed by atoms with Crippen LogP contribution in [0.4, 0.5) is 34.1 Å². The Morgan fingerprint density at radius 2 is 0.725 bits per heavy atom. The molecule has 0 saturated heterocycles. The molecule has 0 amide bonds. The number of anilines is 6. The molecule has 17 rings (SSSR count). The van der Waals surface area contributed by atoms with Gasteiger partial charge in [0.05, 0.1) is 55.8 Å². The zero-order valence-corrected chi connectivity index (χ0v) is 45.2. The van der Waals surface area contributed by atoms with Gasteiger partial charge >= 0.3 is 0 Å². The van der Waals surface area contributed by atoms with Crippen molar-refractivity contribution < 1.29 is 0 Å². The van der Waals surface area contributed by atoms with Gasteiger partial charge in [-0.2, -0.15) is 0 Å². The lowest BCUT2D eigenvalue weighted by Crippen LogP contribution is -2.17. The van der Waals surface area contributed by atoms with Gasteiger partial charge in [-0.25, -0.2) is 0 Å². The number of fused-ring (bicyclic) bond motifs is 14. The average Bonchev–Trinajstić information content (AvgIpc) is 4.32. The normalized spacial score (nSPS) is 13.7. The third-order valence-electron chi connectivity index (χ3n) is 18.5. The van der Waals surface area contributed by atoms with E-state index in [-0.39, 0.29) is 0 Å². The number of nitrogens with zero attached hydrogens (tertiary/aromatic N) is 4. The standard InChI is InChI=1S/C76H58N4/c1-47-29-35-53(36-30-47)77(73-55-23-11-9-21-51(55)33-39-57(73)49-17-5-3-6-18-49)67-43-41-59-63-45-70-64(46-69(63)79-65-27-15-13-25-61(65)71(67)75(59)79)60-42-44-68(72-62-26-14-16-28-66(62)80(70)76(60)72)78(54-37-31-48(2)32-38-54)74-56-24-12-10-22-52(56)34-40-58(74)50-19-7-4-8-20-50/h3-8,13-20,25-46H,9-12,21-24H2,1-2H3. The van der Waals surface area contributed by atoms with Gasteiger partial charge in [0.15, 0.2) is 0 Å². The summed E-state index contributed by atoms with van der Waals surface area (Å²) in [5.74, 6) is 0. The lowest BCUT2D eigenvalue weighted by atomic mass is 9.86. The molecule has 0 saturated carbocycles. The molecular weight excluding hydrogens is 969 g/mol.